The minimum absolute atomic E-state index is 0.173. The van der Waals surface area contributed by atoms with Gasteiger partial charge in [-0.2, -0.15) is 4.98 Å². The molecule has 0 bridgehead atoms. The lowest BCUT2D eigenvalue weighted by atomic mass is 9.91. The van der Waals surface area contributed by atoms with Crippen LogP contribution in [0.1, 0.15) is 40.9 Å². The number of sulfone groups is 1. The van der Waals surface area contributed by atoms with E-state index in [1.165, 1.54) is 17.5 Å². The molecule has 5 nitrogen and oxygen atoms in total. The summed E-state index contributed by atoms with van der Waals surface area (Å²) >= 11 is 1.78. The van der Waals surface area contributed by atoms with E-state index in [1.807, 2.05) is 0 Å². The molecule has 1 heterocycles. The van der Waals surface area contributed by atoms with Gasteiger partial charge in [-0.05, 0) is 30.4 Å². The van der Waals surface area contributed by atoms with Gasteiger partial charge in [0.1, 0.15) is 5.75 Å². The van der Waals surface area contributed by atoms with Gasteiger partial charge in [0.2, 0.25) is 5.89 Å². The van der Waals surface area contributed by atoms with Crippen LogP contribution in [-0.2, 0) is 27.8 Å². The molecule has 0 radical (unpaired) electrons. The first kappa shape index (κ1) is 15.6. The molecule has 0 saturated carbocycles. The fourth-order valence-corrected chi connectivity index (χ4v) is 4.49. The quantitative estimate of drug-likeness (QED) is 0.834. The third-order valence-electron chi connectivity index (χ3n) is 3.62. The highest BCUT2D eigenvalue weighted by Gasteiger charge is 2.21. The Balaban J connectivity index is 1.64. The normalized spacial score (nSPS) is 18.1. The van der Waals surface area contributed by atoms with E-state index in [2.05, 4.69) is 34.4 Å². The minimum Gasteiger partial charge on any atom is -0.338 e. The first-order chi connectivity index (χ1) is 10.5. The molecular formula is C15H18N2O3S2. The molecule has 1 aromatic heterocycles. The van der Waals surface area contributed by atoms with Gasteiger partial charge >= 0.3 is 0 Å². The zero-order valence-corrected chi connectivity index (χ0v) is 14.0. The number of hydrogen-bond acceptors (Lipinski definition) is 6. The Kier molecular flexibility index (Phi) is 4.54. The predicted octanol–water partition coefficient (Wildman–Crippen LogP) is 2.93. The summed E-state index contributed by atoms with van der Waals surface area (Å²) in [5.74, 6) is 1.16. The Hall–Kier alpha value is -1.34. The molecule has 0 fully saturated rings. The van der Waals surface area contributed by atoms with Crippen LogP contribution in [0.3, 0.4) is 0 Å². The standard InChI is InChI=1S/C15H18N2O3S2/c1-22(18,19)10-14-16-15(20-17-14)9-21-13-8-4-6-11-5-2-3-7-12(11)13/h2-3,5,7,13H,4,6,8-10H2,1H3/t13-/m0/s1. The highest BCUT2D eigenvalue weighted by molar-refractivity contribution is 7.98. The summed E-state index contributed by atoms with van der Waals surface area (Å²) in [4.78, 5) is 4.16. The van der Waals surface area contributed by atoms with Crippen LogP contribution in [-0.4, -0.2) is 24.8 Å². The van der Waals surface area contributed by atoms with Gasteiger partial charge in [-0.3, -0.25) is 0 Å². The van der Waals surface area contributed by atoms with Crippen LogP contribution >= 0.6 is 11.8 Å². The van der Waals surface area contributed by atoms with Gasteiger partial charge in [-0.15, -0.1) is 11.8 Å². The molecule has 1 aliphatic rings. The van der Waals surface area contributed by atoms with Crippen molar-refractivity contribution in [3.63, 3.8) is 0 Å². The van der Waals surface area contributed by atoms with Crippen molar-refractivity contribution >= 4 is 21.6 Å². The van der Waals surface area contributed by atoms with Gasteiger partial charge in [0.05, 0.1) is 5.75 Å². The number of aromatic nitrogens is 2. The lowest BCUT2D eigenvalue weighted by molar-refractivity contribution is 0.386. The van der Waals surface area contributed by atoms with Crippen molar-refractivity contribution in [2.45, 2.75) is 36.0 Å². The molecule has 1 aromatic carbocycles. The first-order valence-corrected chi connectivity index (χ1v) is 10.3. The Morgan fingerprint density at radius 3 is 3.00 bits per heavy atom. The number of benzene rings is 1. The van der Waals surface area contributed by atoms with Crippen LogP contribution in [0.15, 0.2) is 28.8 Å². The molecule has 7 heteroatoms. The summed E-state index contributed by atoms with van der Waals surface area (Å²) < 4.78 is 27.6. The summed E-state index contributed by atoms with van der Waals surface area (Å²) in [5.41, 5.74) is 2.82. The zero-order valence-electron chi connectivity index (χ0n) is 12.4. The van der Waals surface area contributed by atoms with Crippen LogP contribution in [0.4, 0.5) is 0 Å². The van der Waals surface area contributed by atoms with E-state index in [0.29, 0.717) is 16.9 Å². The van der Waals surface area contributed by atoms with Crippen LogP contribution in [0.5, 0.6) is 0 Å². The summed E-state index contributed by atoms with van der Waals surface area (Å²) in [6.07, 6.45) is 4.65. The Labute approximate surface area is 134 Å². The van der Waals surface area contributed by atoms with Crippen molar-refractivity contribution in [3.8, 4) is 0 Å². The number of fused-ring (bicyclic) bond motifs is 1. The Bertz CT molecular complexity index is 756. The second-order valence-corrected chi connectivity index (χ2v) is 8.90. The van der Waals surface area contributed by atoms with Crippen molar-refractivity contribution in [1.29, 1.82) is 0 Å². The maximum atomic E-state index is 11.2. The smallest absolute Gasteiger partial charge is 0.236 e. The molecule has 0 amide bonds. The zero-order chi connectivity index (χ0) is 15.6. The lowest BCUT2D eigenvalue weighted by Gasteiger charge is -2.24. The highest BCUT2D eigenvalue weighted by Crippen LogP contribution is 2.40. The van der Waals surface area contributed by atoms with Crippen molar-refractivity contribution in [2.24, 2.45) is 0 Å². The van der Waals surface area contributed by atoms with Gasteiger partial charge in [-0.1, -0.05) is 29.4 Å². The van der Waals surface area contributed by atoms with Crippen molar-refractivity contribution in [3.05, 3.63) is 47.1 Å². The van der Waals surface area contributed by atoms with Crippen molar-refractivity contribution < 1.29 is 12.9 Å². The largest absolute Gasteiger partial charge is 0.338 e. The first-order valence-electron chi connectivity index (χ1n) is 7.20. The summed E-state index contributed by atoms with van der Waals surface area (Å²) in [7, 11) is -3.13. The number of nitrogens with zero attached hydrogens (tertiary/aromatic N) is 2. The fraction of sp³-hybridized carbons (Fsp3) is 0.467. The maximum absolute atomic E-state index is 11.2. The maximum Gasteiger partial charge on any atom is 0.236 e. The average Bonchev–Trinajstić information content (AvgIpc) is 2.90. The second kappa shape index (κ2) is 6.42. The van der Waals surface area contributed by atoms with Crippen LogP contribution in [0.2, 0.25) is 0 Å². The van der Waals surface area contributed by atoms with Gasteiger partial charge in [-0.25, -0.2) is 8.42 Å². The third kappa shape index (κ3) is 3.89. The number of hydrogen-bond donors (Lipinski definition) is 0. The highest BCUT2D eigenvalue weighted by atomic mass is 32.2. The predicted molar refractivity (Wildman–Crippen MR) is 86.3 cm³/mol. The van der Waals surface area contributed by atoms with Gasteiger partial charge < -0.3 is 4.52 Å². The number of rotatable bonds is 5. The van der Waals surface area contributed by atoms with Crippen LogP contribution < -0.4 is 0 Å². The van der Waals surface area contributed by atoms with Crippen LogP contribution in [0.25, 0.3) is 0 Å². The Morgan fingerprint density at radius 2 is 2.18 bits per heavy atom. The monoisotopic (exact) mass is 338 g/mol. The van der Waals surface area contributed by atoms with E-state index in [4.69, 9.17) is 4.52 Å². The van der Waals surface area contributed by atoms with E-state index in [9.17, 15) is 8.42 Å². The molecule has 118 valence electrons. The molecule has 22 heavy (non-hydrogen) atoms. The van der Waals surface area contributed by atoms with Crippen molar-refractivity contribution in [1.82, 2.24) is 10.1 Å². The molecule has 1 aliphatic carbocycles. The number of thioether (sulfide) groups is 1. The van der Waals surface area contributed by atoms with Gasteiger partial charge in [0.25, 0.3) is 0 Å². The third-order valence-corrected chi connectivity index (χ3v) is 5.71. The van der Waals surface area contributed by atoms with Gasteiger partial charge in [0.15, 0.2) is 15.7 Å². The minimum atomic E-state index is -3.13. The molecule has 0 aliphatic heterocycles. The topological polar surface area (TPSA) is 73.1 Å². The number of aryl methyl sites for hydroxylation is 1. The summed E-state index contributed by atoms with van der Waals surface area (Å²) in [6.45, 7) is 0. The summed E-state index contributed by atoms with van der Waals surface area (Å²) in [5, 5.41) is 4.17. The SMILES string of the molecule is CS(=O)(=O)Cc1noc(CS[C@H]2CCCc3ccccc32)n1. The van der Waals surface area contributed by atoms with E-state index in [-0.39, 0.29) is 11.6 Å². The van der Waals surface area contributed by atoms with Crippen LogP contribution in [0, 0.1) is 0 Å². The molecule has 0 spiro atoms. The molecule has 2 aromatic rings. The van der Waals surface area contributed by atoms with E-state index in [1.54, 1.807) is 11.8 Å². The molecule has 1 atom stereocenters. The molecule has 0 saturated heterocycles. The summed E-state index contributed by atoms with van der Waals surface area (Å²) in [6, 6.07) is 8.55. The average molecular weight is 338 g/mol. The fourth-order valence-electron chi connectivity index (χ4n) is 2.70. The molecule has 0 unspecified atom stereocenters. The Morgan fingerprint density at radius 1 is 1.36 bits per heavy atom. The molecular weight excluding hydrogens is 320 g/mol. The molecule has 3 rings (SSSR count). The van der Waals surface area contributed by atoms with E-state index in [0.717, 1.165) is 19.1 Å². The van der Waals surface area contributed by atoms with E-state index < -0.39 is 9.84 Å². The van der Waals surface area contributed by atoms with Crippen molar-refractivity contribution in [2.75, 3.05) is 6.26 Å². The van der Waals surface area contributed by atoms with E-state index >= 15 is 0 Å². The lowest BCUT2D eigenvalue weighted by Crippen LogP contribution is -2.07. The van der Waals surface area contributed by atoms with Gasteiger partial charge in [0, 0.05) is 11.5 Å². The molecule has 0 N–H and O–H groups in total. The second-order valence-electron chi connectivity index (χ2n) is 5.57.